The fraction of sp³-hybridized carbons (Fsp3) is 0.261. The van der Waals surface area contributed by atoms with Gasteiger partial charge in [0.1, 0.15) is 11.9 Å². The van der Waals surface area contributed by atoms with Crippen LogP contribution in [0.2, 0.25) is 0 Å². The van der Waals surface area contributed by atoms with Gasteiger partial charge >= 0.3 is 0 Å². The molecule has 32 heavy (non-hydrogen) atoms. The van der Waals surface area contributed by atoms with Crippen molar-refractivity contribution in [1.29, 1.82) is 0 Å². The number of amides is 1. The Morgan fingerprint density at radius 2 is 1.91 bits per heavy atom. The molecule has 0 bridgehead atoms. The van der Waals surface area contributed by atoms with Gasteiger partial charge in [0, 0.05) is 24.5 Å². The van der Waals surface area contributed by atoms with Gasteiger partial charge in [-0.2, -0.15) is 5.10 Å². The molecule has 3 aromatic rings. The van der Waals surface area contributed by atoms with Crippen LogP contribution in [-0.4, -0.2) is 36.0 Å². The monoisotopic (exact) mass is 451 g/mol. The second-order valence-corrected chi connectivity index (χ2v) is 9.40. The van der Waals surface area contributed by atoms with E-state index < -0.39 is 16.1 Å². The maximum Gasteiger partial charge on any atom is 0.263 e. The van der Waals surface area contributed by atoms with E-state index in [0.717, 1.165) is 17.7 Å². The number of aromatic nitrogens is 2. The average Bonchev–Trinajstić information content (AvgIpc) is 3.43. The first-order chi connectivity index (χ1) is 15.4. The maximum absolute atomic E-state index is 13.0. The molecular formula is C23H25N5O3S. The van der Waals surface area contributed by atoms with Crippen molar-refractivity contribution >= 4 is 21.8 Å². The van der Waals surface area contributed by atoms with Crippen molar-refractivity contribution in [3.8, 4) is 5.69 Å². The standard InChI is InChI=1S/C23H25N5O3S/c1-3-16(2)21(26-22-19-7-4-5-8-20(19)32(30,31)27-22)23(29)24-15-17-9-11-18(12-10-17)28-14-6-13-25-28/h4-14,16,21H,3,15H2,1-2H3,(H,24,29)(H,26,27)/t16-,21-/m0/s1. The summed E-state index contributed by atoms with van der Waals surface area (Å²) in [7, 11) is -3.66. The lowest BCUT2D eigenvalue weighted by Crippen LogP contribution is -2.38. The van der Waals surface area contributed by atoms with Crippen molar-refractivity contribution in [2.75, 3.05) is 0 Å². The van der Waals surface area contributed by atoms with Gasteiger partial charge in [0.15, 0.2) is 0 Å². The number of aliphatic imine (C=N–C) groups is 1. The Hall–Kier alpha value is -3.46. The molecule has 1 amide bonds. The van der Waals surface area contributed by atoms with Gasteiger partial charge in [0.05, 0.1) is 10.6 Å². The SMILES string of the molecule is CC[C@H](C)[C@H](N=C1NS(=O)(=O)c2ccccc21)C(=O)NCc1ccc(-n2cccn2)cc1. The Balaban J connectivity index is 1.50. The quantitative estimate of drug-likeness (QED) is 0.576. The maximum atomic E-state index is 13.0. The van der Waals surface area contributed by atoms with E-state index in [4.69, 9.17) is 0 Å². The van der Waals surface area contributed by atoms with E-state index in [9.17, 15) is 13.2 Å². The highest BCUT2D eigenvalue weighted by atomic mass is 32.2. The zero-order valence-corrected chi connectivity index (χ0v) is 18.7. The third-order valence-corrected chi connectivity index (χ3v) is 6.95. The second kappa shape index (κ2) is 8.96. The van der Waals surface area contributed by atoms with Gasteiger partial charge in [-0.15, -0.1) is 0 Å². The van der Waals surface area contributed by atoms with Crippen LogP contribution in [0.3, 0.4) is 0 Å². The topological polar surface area (TPSA) is 105 Å². The van der Waals surface area contributed by atoms with Crippen molar-refractivity contribution in [3.05, 3.63) is 78.1 Å². The molecule has 0 spiro atoms. The summed E-state index contributed by atoms with van der Waals surface area (Å²) in [4.78, 5) is 17.7. The summed E-state index contributed by atoms with van der Waals surface area (Å²) >= 11 is 0. The van der Waals surface area contributed by atoms with Crippen LogP contribution in [0.4, 0.5) is 0 Å². The number of nitrogens with zero attached hydrogens (tertiary/aromatic N) is 3. The molecule has 0 aliphatic carbocycles. The molecule has 9 heteroatoms. The summed E-state index contributed by atoms with van der Waals surface area (Å²) in [5.41, 5.74) is 2.36. The highest BCUT2D eigenvalue weighted by Gasteiger charge is 2.33. The molecule has 2 aromatic carbocycles. The van der Waals surface area contributed by atoms with Crippen LogP contribution in [0.15, 0.2) is 76.9 Å². The lowest BCUT2D eigenvalue weighted by Gasteiger charge is -2.19. The molecule has 0 unspecified atom stereocenters. The van der Waals surface area contributed by atoms with Gasteiger partial charge < -0.3 is 5.32 Å². The van der Waals surface area contributed by atoms with Gasteiger partial charge in [-0.3, -0.25) is 14.5 Å². The van der Waals surface area contributed by atoms with Crippen LogP contribution < -0.4 is 10.0 Å². The minimum absolute atomic E-state index is 0.0676. The minimum atomic E-state index is -3.66. The number of hydrogen-bond acceptors (Lipinski definition) is 5. The second-order valence-electron chi connectivity index (χ2n) is 7.74. The van der Waals surface area contributed by atoms with Gasteiger partial charge in [-0.1, -0.05) is 44.5 Å². The van der Waals surface area contributed by atoms with Gasteiger partial charge in [-0.05, 0) is 41.8 Å². The van der Waals surface area contributed by atoms with Crippen LogP contribution in [-0.2, 0) is 21.4 Å². The zero-order chi connectivity index (χ0) is 22.7. The number of hydrogen-bond donors (Lipinski definition) is 2. The van der Waals surface area contributed by atoms with Crippen molar-refractivity contribution in [1.82, 2.24) is 19.8 Å². The number of benzene rings is 2. The van der Waals surface area contributed by atoms with Crippen LogP contribution in [0, 0.1) is 5.92 Å². The number of sulfonamides is 1. The number of carbonyl (C=O) groups excluding carboxylic acids is 1. The first-order valence-corrected chi connectivity index (χ1v) is 11.9. The molecule has 0 fully saturated rings. The van der Waals surface area contributed by atoms with Crippen LogP contribution >= 0.6 is 0 Å². The summed E-state index contributed by atoms with van der Waals surface area (Å²) < 4.78 is 29.0. The summed E-state index contributed by atoms with van der Waals surface area (Å²) in [6.07, 6.45) is 4.30. The molecule has 0 radical (unpaired) electrons. The molecule has 8 nitrogen and oxygen atoms in total. The highest BCUT2D eigenvalue weighted by molar-refractivity contribution is 7.90. The van der Waals surface area contributed by atoms with Crippen LogP contribution in [0.1, 0.15) is 31.4 Å². The Morgan fingerprint density at radius 1 is 1.16 bits per heavy atom. The van der Waals surface area contributed by atoms with Crippen molar-refractivity contribution in [3.63, 3.8) is 0 Å². The normalized spacial score (nSPS) is 17.4. The fourth-order valence-corrected chi connectivity index (χ4v) is 4.76. The predicted molar refractivity (Wildman–Crippen MR) is 122 cm³/mol. The number of nitrogens with one attached hydrogen (secondary N) is 2. The van der Waals surface area contributed by atoms with Crippen molar-refractivity contribution in [2.24, 2.45) is 10.9 Å². The predicted octanol–water partition coefficient (Wildman–Crippen LogP) is 2.64. The van der Waals surface area contributed by atoms with E-state index in [1.165, 1.54) is 6.07 Å². The van der Waals surface area contributed by atoms with E-state index in [1.807, 2.05) is 50.4 Å². The summed E-state index contributed by atoms with van der Waals surface area (Å²) in [6.45, 7) is 4.26. The fourth-order valence-electron chi connectivity index (χ4n) is 3.52. The van der Waals surface area contributed by atoms with E-state index in [0.29, 0.717) is 12.1 Å². The molecule has 1 aliphatic rings. The number of rotatable bonds is 7. The van der Waals surface area contributed by atoms with Crippen molar-refractivity contribution in [2.45, 2.75) is 37.8 Å². The summed E-state index contributed by atoms with van der Waals surface area (Å²) in [6, 6.07) is 15.5. The van der Waals surface area contributed by atoms with Crippen molar-refractivity contribution < 1.29 is 13.2 Å². The molecule has 2 atom stereocenters. The first kappa shape index (κ1) is 21.8. The Bertz CT molecular complexity index is 1230. The molecule has 166 valence electrons. The summed E-state index contributed by atoms with van der Waals surface area (Å²) in [5, 5.41) is 7.14. The first-order valence-electron chi connectivity index (χ1n) is 10.5. The molecule has 0 saturated carbocycles. The van der Waals surface area contributed by atoms with Crippen LogP contribution in [0.5, 0.6) is 0 Å². The largest absolute Gasteiger partial charge is 0.350 e. The van der Waals surface area contributed by atoms with Crippen LogP contribution in [0.25, 0.3) is 5.69 Å². The highest BCUT2D eigenvalue weighted by Crippen LogP contribution is 2.24. The van der Waals surface area contributed by atoms with Gasteiger partial charge in [0.25, 0.3) is 10.0 Å². The van der Waals surface area contributed by atoms with E-state index in [2.05, 4.69) is 20.1 Å². The molecular weight excluding hydrogens is 426 g/mol. The van der Waals surface area contributed by atoms with E-state index in [1.54, 1.807) is 29.1 Å². The third-order valence-electron chi connectivity index (χ3n) is 5.55. The zero-order valence-electron chi connectivity index (χ0n) is 17.9. The van der Waals surface area contributed by atoms with Gasteiger partial charge in [-0.25, -0.2) is 13.1 Å². The average molecular weight is 452 g/mol. The molecule has 1 aliphatic heterocycles. The Labute approximate surface area is 187 Å². The minimum Gasteiger partial charge on any atom is -0.350 e. The summed E-state index contributed by atoms with van der Waals surface area (Å²) in [5.74, 6) is -0.0989. The third kappa shape index (κ3) is 4.43. The Morgan fingerprint density at radius 3 is 2.59 bits per heavy atom. The lowest BCUT2D eigenvalue weighted by molar-refractivity contribution is -0.123. The Kier molecular flexibility index (Phi) is 6.09. The molecule has 4 rings (SSSR count). The van der Waals surface area contributed by atoms with E-state index in [-0.39, 0.29) is 22.6 Å². The molecule has 2 N–H and O–H groups in total. The van der Waals surface area contributed by atoms with E-state index >= 15 is 0 Å². The lowest BCUT2D eigenvalue weighted by atomic mass is 9.98. The molecule has 1 aromatic heterocycles. The number of carbonyl (C=O) groups is 1. The van der Waals surface area contributed by atoms with Gasteiger partial charge in [0.2, 0.25) is 5.91 Å². The number of fused-ring (bicyclic) bond motifs is 1. The number of amidine groups is 1. The molecule has 0 saturated heterocycles. The smallest absolute Gasteiger partial charge is 0.263 e. The molecule has 2 heterocycles.